The second-order valence-corrected chi connectivity index (χ2v) is 6.01. The van der Waals surface area contributed by atoms with E-state index in [1.165, 1.54) is 24.4 Å². The number of rotatable bonds is 5. The van der Waals surface area contributed by atoms with Crippen molar-refractivity contribution >= 4 is 17.4 Å². The van der Waals surface area contributed by atoms with Crippen molar-refractivity contribution in [3.63, 3.8) is 0 Å². The van der Waals surface area contributed by atoms with Crippen molar-refractivity contribution in [2.24, 2.45) is 0 Å². The minimum Gasteiger partial charge on any atom is -0.507 e. The summed E-state index contributed by atoms with van der Waals surface area (Å²) in [7, 11) is 0. The van der Waals surface area contributed by atoms with Gasteiger partial charge in [0.15, 0.2) is 5.78 Å². The van der Waals surface area contributed by atoms with Gasteiger partial charge >= 0.3 is 5.97 Å². The van der Waals surface area contributed by atoms with E-state index in [-0.39, 0.29) is 22.7 Å². The summed E-state index contributed by atoms with van der Waals surface area (Å²) < 4.78 is 11.3. The highest BCUT2D eigenvalue weighted by Crippen LogP contribution is 2.32. The normalized spacial score (nSPS) is 17.3. The van der Waals surface area contributed by atoms with Crippen LogP contribution in [-0.2, 0) is 4.74 Å². The van der Waals surface area contributed by atoms with E-state index < -0.39 is 12.3 Å². The fraction of sp³-hybridized carbons (Fsp3) is 0.200. The highest BCUT2D eigenvalue weighted by molar-refractivity contribution is 6.12. The van der Waals surface area contributed by atoms with Crippen LogP contribution in [-0.4, -0.2) is 34.9 Å². The lowest BCUT2D eigenvalue weighted by molar-refractivity contribution is -0.0509. The van der Waals surface area contributed by atoms with Crippen molar-refractivity contribution in [1.29, 1.82) is 0 Å². The number of aryl methyl sites for hydroxylation is 1. The fourth-order valence-corrected chi connectivity index (χ4v) is 2.74. The number of ether oxygens (including phenoxy) is 2. The minimum atomic E-state index is -1.23. The lowest BCUT2D eigenvalue weighted by atomic mass is 9.98. The Kier molecular flexibility index (Phi) is 5.14. The summed E-state index contributed by atoms with van der Waals surface area (Å²) >= 11 is 0. The number of ketones is 1. The first-order chi connectivity index (χ1) is 12.9. The maximum Gasteiger partial charge on any atom is 0.339 e. The molecule has 140 valence electrons. The van der Waals surface area contributed by atoms with E-state index in [1.54, 1.807) is 19.1 Å². The van der Waals surface area contributed by atoms with Crippen molar-refractivity contribution in [2.75, 3.05) is 11.9 Å². The first-order valence-electron chi connectivity index (χ1n) is 8.37. The Labute approximate surface area is 155 Å². The number of hydrogen-bond acceptors (Lipinski definition) is 6. The molecule has 1 heterocycles. The number of aromatic carboxylic acids is 1. The van der Waals surface area contributed by atoms with Crippen molar-refractivity contribution in [3.05, 3.63) is 64.9 Å². The molecule has 0 saturated heterocycles. The molecule has 0 radical (unpaired) electrons. The number of Topliss-reactive ketones (excluding diaryl/α,β-unsaturated/α-hetero) is 1. The summed E-state index contributed by atoms with van der Waals surface area (Å²) in [6, 6.07) is 9.37. The maximum atomic E-state index is 12.9. The third-order valence-electron chi connectivity index (χ3n) is 4.07. The van der Waals surface area contributed by atoms with E-state index in [0.29, 0.717) is 23.6 Å². The molecule has 1 aliphatic heterocycles. The molecule has 0 saturated carbocycles. The Morgan fingerprint density at radius 3 is 2.74 bits per heavy atom. The summed E-state index contributed by atoms with van der Waals surface area (Å²) in [6.45, 7) is 4.04. The van der Waals surface area contributed by atoms with Gasteiger partial charge in [-0.3, -0.25) is 4.79 Å². The number of aromatic hydroxyl groups is 1. The Balaban J connectivity index is 1.91. The van der Waals surface area contributed by atoms with E-state index in [4.69, 9.17) is 14.6 Å². The van der Waals surface area contributed by atoms with E-state index >= 15 is 0 Å². The molecule has 7 heteroatoms. The van der Waals surface area contributed by atoms with Gasteiger partial charge in [0.05, 0.1) is 11.1 Å². The Morgan fingerprint density at radius 1 is 1.30 bits per heavy atom. The summed E-state index contributed by atoms with van der Waals surface area (Å²) in [4.78, 5) is 23.9. The lowest BCUT2D eigenvalue weighted by Crippen LogP contribution is -2.33. The zero-order valence-electron chi connectivity index (χ0n) is 14.9. The topological polar surface area (TPSA) is 105 Å². The van der Waals surface area contributed by atoms with E-state index in [1.807, 2.05) is 13.0 Å². The predicted molar refractivity (Wildman–Crippen MR) is 98.3 cm³/mol. The number of carboxylic acid groups (broad SMARTS) is 1. The monoisotopic (exact) mass is 369 g/mol. The number of carbonyl (C=O) groups excluding carboxylic acids is 1. The van der Waals surface area contributed by atoms with Gasteiger partial charge in [0.1, 0.15) is 17.1 Å². The van der Waals surface area contributed by atoms with Gasteiger partial charge in [-0.15, -0.1) is 0 Å². The van der Waals surface area contributed by atoms with Gasteiger partial charge in [0.25, 0.3) is 0 Å². The van der Waals surface area contributed by atoms with E-state index in [0.717, 1.165) is 5.56 Å². The molecule has 2 aromatic carbocycles. The SMILES string of the molecule is CCOC1Oc2ccc(C)cc2C(=O)/C1=C/Nc1ccc(C(=O)O)c(O)c1. The van der Waals surface area contributed by atoms with Crippen LogP contribution < -0.4 is 10.1 Å². The quantitative estimate of drug-likeness (QED) is 0.694. The Bertz CT molecular complexity index is 934. The maximum absolute atomic E-state index is 12.9. The lowest BCUT2D eigenvalue weighted by Gasteiger charge is -2.27. The Hall–Kier alpha value is -3.32. The van der Waals surface area contributed by atoms with Crippen LogP contribution in [0, 0.1) is 6.92 Å². The second-order valence-electron chi connectivity index (χ2n) is 6.01. The highest BCUT2D eigenvalue weighted by atomic mass is 16.7. The number of phenols is 1. The third kappa shape index (κ3) is 3.78. The number of carboxylic acids is 1. The molecule has 3 rings (SSSR count). The molecule has 1 atom stereocenters. The van der Waals surface area contributed by atoms with E-state index in [9.17, 15) is 14.7 Å². The summed E-state index contributed by atoms with van der Waals surface area (Å²) in [5.41, 5.74) is 1.87. The zero-order valence-corrected chi connectivity index (χ0v) is 14.9. The predicted octanol–water partition coefficient (Wildman–Crippen LogP) is 3.33. The van der Waals surface area contributed by atoms with Crippen LogP contribution in [0.3, 0.4) is 0 Å². The molecule has 1 aliphatic rings. The molecule has 0 spiro atoms. The van der Waals surface area contributed by atoms with Gasteiger partial charge in [-0.05, 0) is 38.1 Å². The second kappa shape index (κ2) is 7.51. The first-order valence-corrected chi connectivity index (χ1v) is 8.37. The molecule has 3 N–H and O–H groups in total. The number of carbonyl (C=O) groups is 2. The van der Waals surface area contributed by atoms with Gasteiger partial charge in [-0.1, -0.05) is 11.6 Å². The molecule has 0 bridgehead atoms. The average molecular weight is 369 g/mol. The van der Waals surface area contributed by atoms with Gasteiger partial charge in [0.2, 0.25) is 6.29 Å². The molecule has 0 amide bonds. The Morgan fingerprint density at radius 2 is 2.07 bits per heavy atom. The van der Waals surface area contributed by atoms with Crippen LogP contribution in [0.4, 0.5) is 5.69 Å². The molecule has 1 unspecified atom stereocenters. The van der Waals surface area contributed by atoms with Crippen LogP contribution in [0.15, 0.2) is 48.2 Å². The van der Waals surface area contributed by atoms with Crippen molar-refractivity contribution in [3.8, 4) is 11.5 Å². The van der Waals surface area contributed by atoms with Crippen molar-refractivity contribution in [2.45, 2.75) is 20.1 Å². The van der Waals surface area contributed by atoms with Crippen LogP contribution >= 0.6 is 0 Å². The van der Waals surface area contributed by atoms with Crippen molar-refractivity contribution in [1.82, 2.24) is 0 Å². The molecular formula is C20H19NO6. The summed E-state index contributed by atoms with van der Waals surface area (Å²) in [6.07, 6.45) is 0.584. The smallest absolute Gasteiger partial charge is 0.339 e. The molecule has 0 aromatic heterocycles. The number of nitrogens with one attached hydrogen (secondary N) is 1. The van der Waals surface area contributed by atoms with Crippen LogP contribution in [0.2, 0.25) is 0 Å². The van der Waals surface area contributed by atoms with Gasteiger partial charge in [-0.25, -0.2) is 4.79 Å². The number of fused-ring (bicyclic) bond motifs is 1. The molecule has 2 aromatic rings. The number of benzene rings is 2. The number of hydrogen-bond donors (Lipinski definition) is 3. The number of anilines is 1. The molecule has 27 heavy (non-hydrogen) atoms. The van der Waals surface area contributed by atoms with Crippen molar-refractivity contribution < 1.29 is 29.3 Å². The molecule has 0 fully saturated rings. The average Bonchev–Trinajstić information content (AvgIpc) is 2.62. The van der Waals surface area contributed by atoms with Gasteiger partial charge in [0, 0.05) is 24.6 Å². The summed E-state index contributed by atoms with van der Waals surface area (Å²) in [5.74, 6) is -1.36. The van der Waals surface area contributed by atoms with Crippen LogP contribution in [0.25, 0.3) is 0 Å². The third-order valence-corrected chi connectivity index (χ3v) is 4.07. The van der Waals surface area contributed by atoms with Crippen LogP contribution in [0.5, 0.6) is 11.5 Å². The van der Waals surface area contributed by atoms with E-state index in [2.05, 4.69) is 5.32 Å². The fourth-order valence-electron chi connectivity index (χ4n) is 2.74. The summed E-state index contributed by atoms with van der Waals surface area (Å²) in [5, 5.41) is 21.6. The molecule has 7 nitrogen and oxygen atoms in total. The standard InChI is InChI=1S/C20H19NO6/c1-3-26-20-15(18(23)14-8-11(2)4-7-17(14)27-20)10-21-12-5-6-13(19(24)25)16(22)9-12/h4-10,20-22H,3H2,1-2H3,(H,24,25)/b15-10-. The largest absolute Gasteiger partial charge is 0.507 e. The molecular weight excluding hydrogens is 350 g/mol. The van der Waals surface area contributed by atoms with Gasteiger partial charge in [-0.2, -0.15) is 0 Å². The van der Waals surface area contributed by atoms with Gasteiger partial charge < -0.3 is 25.0 Å². The minimum absolute atomic E-state index is 0.207. The zero-order chi connectivity index (χ0) is 19.6. The highest BCUT2D eigenvalue weighted by Gasteiger charge is 2.32. The van der Waals surface area contributed by atoms with Crippen LogP contribution in [0.1, 0.15) is 33.2 Å². The molecule has 0 aliphatic carbocycles. The first kappa shape index (κ1) is 18.5.